The molecule has 1 N–H and O–H groups in total. The fraction of sp³-hybridized carbons (Fsp3) is 0.357. The first-order valence-electron chi connectivity index (χ1n) is 6.02. The van der Waals surface area contributed by atoms with Gasteiger partial charge >= 0.3 is 0 Å². The highest BCUT2D eigenvalue weighted by atomic mass is 16.3. The van der Waals surface area contributed by atoms with E-state index >= 15 is 0 Å². The summed E-state index contributed by atoms with van der Waals surface area (Å²) in [4.78, 5) is 4.09. The van der Waals surface area contributed by atoms with Crippen molar-refractivity contribution < 1.29 is 4.42 Å². The van der Waals surface area contributed by atoms with E-state index in [9.17, 15) is 0 Å². The fourth-order valence-electron chi connectivity index (χ4n) is 1.87. The Labute approximate surface area is 102 Å². The van der Waals surface area contributed by atoms with E-state index in [0.29, 0.717) is 6.04 Å². The SMILES string of the molecule is CCNC(C)Cc1ccc(-c2cccnc2)o1. The lowest BCUT2D eigenvalue weighted by Gasteiger charge is -2.09. The summed E-state index contributed by atoms with van der Waals surface area (Å²) in [6, 6.07) is 8.40. The van der Waals surface area contributed by atoms with Gasteiger partial charge in [-0.15, -0.1) is 0 Å². The normalized spacial score (nSPS) is 12.6. The number of aromatic nitrogens is 1. The largest absolute Gasteiger partial charge is 0.461 e. The van der Waals surface area contributed by atoms with Crippen LogP contribution in [0.15, 0.2) is 41.1 Å². The van der Waals surface area contributed by atoms with Gasteiger partial charge in [0.05, 0.1) is 0 Å². The maximum Gasteiger partial charge on any atom is 0.135 e. The molecule has 0 amide bonds. The molecule has 0 fully saturated rings. The molecule has 0 aromatic carbocycles. The van der Waals surface area contributed by atoms with Crippen molar-refractivity contribution in [1.29, 1.82) is 0 Å². The minimum Gasteiger partial charge on any atom is -0.461 e. The number of nitrogens with zero attached hydrogens (tertiary/aromatic N) is 1. The van der Waals surface area contributed by atoms with E-state index in [-0.39, 0.29) is 0 Å². The molecule has 2 heterocycles. The molecule has 1 unspecified atom stereocenters. The molecule has 2 aromatic heterocycles. The Morgan fingerprint density at radius 1 is 1.35 bits per heavy atom. The van der Waals surface area contributed by atoms with Gasteiger partial charge < -0.3 is 9.73 Å². The topological polar surface area (TPSA) is 38.1 Å². The van der Waals surface area contributed by atoms with Crippen LogP contribution in [0, 0.1) is 0 Å². The molecular formula is C14H18N2O. The van der Waals surface area contributed by atoms with Gasteiger partial charge in [0.15, 0.2) is 0 Å². The summed E-state index contributed by atoms with van der Waals surface area (Å²) >= 11 is 0. The minimum atomic E-state index is 0.438. The third kappa shape index (κ3) is 3.17. The summed E-state index contributed by atoms with van der Waals surface area (Å²) in [6.07, 6.45) is 4.49. The lowest BCUT2D eigenvalue weighted by atomic mass is 10.2. The molecule has 0 saturated heterocycles. The van der Waals surface area contributed by atoms with E-state index < -0.39 is 0 Å². The first-order chi connectivity index (χ1) is 8.29. The van der Waals surface area contributed by atoms with Crippen LogP contribution in [0.25, 0.3) is 11.3 Å². The molecule has 0 saturated carbocycles. The molecule has 0 radical (unpaired) electrons. The van der Waals surface area contributed by atoms with Gasteiger partial charge in [0.25, 0.3) is 0 Å². The van der Waals surface area contributed by atoms with Crippen molar-refractivity contribution in [2.45, 2.75) is 26.3 Å². The number of hydrogen-bond acceptors (Lipinski definition) is 3. The molecule has 0 spiro atoms. The van der Waals surface area contributed by atoms with Gasteiger partial charge in [-0.05, 0) is 37.7 Å². The zero-order valence-electron chi connectivity index (χ0n) is 10.3. The molecule has 17 heavy (non-hydrogen) atoms. The molecule has 90 valence electrons. The molecule has 0 aliphatic heterocycles. The van der Waals surface area contributed by atoms with Crippen LogP contribution in [0.5, 0.6) is 0 Å². The second kappa shape index (κ2) is 5.64. The average Bonchev–Trinajstić information content (AvgIpc) is 2.79. The van der Waals surface area contributed by atoms with Gasteiger partial charge in [-0.25, -0.2) is 0 Å². The first kappa shape index (κ1) is 11.9. The maximum absolute atomic E-state index is 5.81. The van der Waals surface area contributed by atoms with E-state index in [1.807, 2.05) is 30.5 Å². The number of pyridine rings is 1. The Morgan fingerprint density at radius 2 is 2.24 bits per heavy atom. The van der Waals surface area contributed by atoms with Gasteiger partial charge in [0.1, 0.15) is 11.5 Å². The zero-order chi connectivity index (χ0) is 12.1. The monoisotopic (exact) mass is 230 g/mol. The van der Waals surface area contributed by atoms with E-state index in [2.05, 4.69) is 24.1 Å². The predicted molar refractivity (Wildman–Crippen MR) is 68.8 cm³/mol. The Morgan fingerprint density at radius 3 is 2.94 bits per heavy atom. The van der Waals surface area contributed by atoms with Crippen LogP contribution >= 0.6 is 0 Å². The summed E-state index contributed by atoms with van der Waals surface area (Å²) in [5.74, 6) is 1.90. The Kier molecular flexibility index (Phi) is 3.94. The van der Waals surface area contributed by atoms with E-state index in [4.69, 9.17) is 4.42 Å². The highest BCUT2D eigenvalue weighted by molar-refractivity contribution is 5.55. The summed E-state index contributed by atoms with van der Waals surface area (Å²) in [5, 5.41) is 3.37. The van der Waals surface area contributed by atoms with Gasteiger partial charge in [-0.3, -0.25) is 4.98 Å². The zero-order valence-corrected chi connectivity index (χ0v) is 10.3. The fourth-order valence-corrected chi connectivity index (χ4v) is 1.87. The quantitative estimate of drug-likeness (QED) is 0.858. The summed E-state index contributed by atoms with van der Waals surface area (Å²) < 4.78 is 5.81. The lowest BCUT2D eigenvalue weighted by molar-refractivity contribution is 0.470. The molecule has 0 aliphatic carbocycles. The van der Waals surface area contributed by atoms with Crippen LogP contribution in [0.4, 0.5) is 0 Å². The molecular weight excluding hydrogens is 212 g/mol. The van der Waals surface area contributed by atoms with Crippen molar-refractivity contribution in [3.05, 3.63) is 42.4 Å². The highest BCUT2D eigenvalue weighted by Gasteiger charge is 2.07. The minimum absolute atomic E-state index is 0.438. The van der Waals surface area contributed by atoms with Crippen molar-refractivity contribution in [3.8, 4) is 11.3 Å². The number of hydrogen-bond donors (Lipinski definition) is 1. The van der Waals surface area contributed by atoms with Crippen molar-refractivity contribution in [1.82, 2.24) is 10.3 Å². The number of nitrogens with one attached hydrogen (secondary N) is 1. The third-order valence-corrected chi connectivity index (χ3v) is 2.67. The smallest absolute Gasteiger partial charge is 0.135 e. The first-order valence-corrected chi connectivity index (χ1v) is 6.02. The summed E-state index contributed by atoms with van der Waals surface area (Å²) in [5.41, 5.74) is 1.02. The van der Waals surface area contributed by atoms with Crippen LogP contribution in [0.3, 0.4) is 0 Å². The number of rotatable bonds is 5. The molecule has 1 atom stereocenters. The van der Waals surface area contributed by atoms with Crippen LogP contribution in [0.2, 0.25) is 0 Å². The summed E-state index contributed by atoms with van der Waals surface area (Å²) in [7, 11) is 0. The third-order valence-electron chi connectivity index (χ3n) is 2.67. The second-order valence-corrected chi connectivity index (χ2v) is 4.17. The van der Waals surface area contributed by atoms with Gasteiger partial charge in [0, 0.05) is 30.4 Å². The molecule has 0 bridgehead atoms. The molecule has 3 nitrogen and oxygen atoms in total. The van der Waals surface area contributed by atoms with Gasteiger partial charge in [-0.2, -0.15) is 0 Å². The van der Waals surface area contributed by atoms with E-state index in [0.717, 1.165) is 30.0 Å². The Hall–Kier alpha value is -1.61. The van der Waals surface area contributed by atoms with Crippen LogP contribution in [-0.4, -0.2) is 17.6 Å². The predicted octanol–water partition coefficient (Wildman–Crippen LogP) is 2.88. The van der Waals surface area contributed by atoms with Gasteiger partial charge in [0.2, 0.25) is 0 Å². The van der Waals surface area contributed by atoms with E-state index in [1.165, 1.54) is 0 Å². The molecule has 0 aliphatic rings. The highest BCUT2D eigenvalue weighted by Crippen LogP contribution is 2.21. The van der Waals surface area contributed by atoms with Crippen LogP contribution < -0.4 is 5.32 Å². The van der Waals surface area contributed by atoms with Crippen molar-refractivity contribution in [2.24, 2.45) is 0 Å². The Balaban J connectivity index is 2.06. The molecule has 2 rings (SSSR count). The number of furan rings is 1. The Bertz CT molecular complexity index is 450. The standard InChI is InChI=1S/C14H18N2O/c1-3-16-11(2)9-13-6-7-14(17-13)12-5-4-8-15-10-12/h4-8,10-11,16H,3,9H2,1-2H3. The van der Waals surface area contributed by atoms with Crippen molar-refractivity contribution in [2.75, 3.05) is 6.54 Å². The van der Waals surface area contributed by atoms with Gasteiger partial charge in [-0.1, -0.05) is 6.92 Å². The number of likely N-dealkylation sites (N-methyl/N-ethyl adjacent to an activating group) is 1. The summed E-state index contributed by atoms with van der Waals surface area (Å²) in [6.45, 7) is 5.26. The van der Waals surface area contributed by atoms with E-state index in [1.54, 1.807) is 6.20 Å². The van der Waals surface area contributed by atoms with Crippen molar-refractivity contribution >= 4 is 0 Å². The second-order valence-electron chi connectivity index (χ2n) is 4.17. The molecule has 2 aromatic rings. The maximum atomic E-state index is 5.81. The van der Waals surface area contributed by atoms with Crippen LogP contribution in [0.1, 0.15) is 19.6 Å². The lowest BCUT2D eigenvalue weighted by Crippen LogP contribution is -2.27. The average molecular weight is 230 g/mol. The van der Waals surface area contributed by atoms with Crippen molar-refractivity contribution in [3.63, 3.8) is 0 Å². The molecule has 3 heteroatoms. The van der Waals surface area contributed by atoms with Crippen LogP contribution in [-0.2, 0) is 6.42 Å².